The monoisotopic (exact) mass is 273 g/mol. The molecule has 0 heterocycles. The Morgan fingerprint density at radius 3 is 1.83 bits per heavy atom. The summed E-state index contributed by atoms with van der Waals surface area (Å²) in [5, 5.41) is 1.90. The molecule has 1 atom stereocenters. The normalized spacial score (nSPS) is 14.1. The summed E-state index contributed by atoms with van der Waals surface area (Å²) in [5.41, 5.74) is -0.563. The van der Waals surface area contributed by atoms with Crippen molar-refractivity contribution in [2.24, 2.45) is 5.18 Å². The van der Waals surface area contributed by atoms with Crippen molar-refractivity contribution < 1.29 is 31.1 Å². The lowest BCUT2D eigenvalue weighted by atomic mass is 10.1. The Kier molecular flexibility index (Phi) is 3.82. The van der Waals surface area contributed by atoms with E-state index >= 15 is 0 Å². The predicted octanol–water partition coefficient (Wildman–Crippen LogP) is 3.96. The zero-order valence-corrected chi connectivity index (χ0v) is 8.42. The summed E-state index contributed by atoms with van der Waals surface area (Å²) in [5.74, 6) is -0.682. The molecule has 9 heteroatoms. The fourth-order valence-electron chi connectivity index (χ4n) is 1.16. The van der Waals surface area contributed by atoms with E-state index in [1.54, 1.807) is 0 Å². The van der Waals surface area contributed by atoms with Crippen molar-refractivity contribution in [3.05, 3.63) is 34.7 Å². The van der Waals surface area contributed by atoms with Crippen molar-refractivity contribution >= 4 is 0 Å². The number of alkyl halides is 6. The molecule has 0 amide bonds. The van der Waals surface area contributed by atoms with Crippen LogP contribution in [0.25, 0.3) is 0 Å². The van der Waals surface area contributed by atoms with Gasteiger partial charge in [0.25, 0.3) is 0 Å². The Bertz CT molecular complexity index is 411. The average Bonchev–Trinajstić information content (AvgIpc) is 2.17. The Morgan fingerprint density at radius 2 is 1.50 bits per heavy atom. The Morgan fingerprint density at radius 1 is 1.00 bits per heavy atom. The zero-order chi connectivity index (χ0) is 14.0. The molecule has 1 aromatic carbocycles. The van der Waals surface area contributed by atoms with Crippen LogP contribution >= 0.6 is 0 Å². The summed E-state index contributed by atoms with van der Waals surface area (Å²) in [4.78, 5) is 10.1. The maximum Gasteiger partial charge on any atom is 0.573 e. The van der Waals surface area contributed by atoms with E-state index in [9.17, 15) is 31.2 Å². The molecule has 0 spiro atoms. The number of hydrogen-bond acceptors (Lipinski definition) is 3. The summed E-state index contributed by atoms with van der Waals surface area (Å²) in [6.07, 6.45) is -9.83. The number of hydrogen-bond donors (Lipinski definition) is 0. The third-order valence-corrected chi connectivity index (χ3v) is 1.84. The van der Waals surface area contributed by atoms with Gasteiger partial charge in [-0.05, 0) is 17.7 Å². The number of rotatable bonds is 3. The van der Waals surface area contributed by atoms with Gasteiger partial charge in [0.2, 0.25) is 6.04 Å². The lowest BCUT2D eigenvalue weighted by Crippen LogP contribution is -2.19. The summed E-state index contributed by atoms with van der Waals surface area (Å²) < 4.78 is 75.6. The lowest BCUT2D eigenvalue weighted by molar-refractivity contribution is -0.274. The van der Waals surface area contributed by atoms with Crippen molar-refractivity contribution in [2.75, 3.05) is 0 Å². The van der Waals surface area contributed by atoms with Gasteiger partial charge in [-0.1, -0.05) is 17.3 Å². The molecule has 100 valence electrons. The second-order valence-electron chi connectivity index (χ2n) is 3.17. The minimum Gasteiger partial charge on any atom is -0.406 e. The lowest BCUT2D eigenvalue weighted by Gasteiger charge is -2.14. The van der Waals surface area contributed by atoms with Crippen LogP contribution in [-0.2, 0) is 0 Å². The minimum atomic E-state index is -4.94. The molecule has 0 saturated carbocycles. The van der Waals surface area contributed by atoms with Gasteiger partial charge in [-0.15, -0.1) is 18.1 Å². The molecular formula is C9H5F6NO2. The zero-order valence-electron chi connectivity index (χ0n) is 8.42. The number of ether oxygens (including phenoxy) is 1. The number of nitroso groups, excluding NO2 is 1. The molecular weight excluding hydrogens is 268 g/mol. The molecule has 18 heavy (non-hydrogen) atoms. The van der Waals surface area contributed by atoms with Crippen LogP contribution in [0.3, 0.4) is 0 Å². The van der Waals surface area contributed by atoms with Crippen LogP contribution in [-0.4, -0.2) is 12.5 Å². The minimum absolute atomic E-state index is 0.563. The molecule has 1 rings (SSSR count). The fourth-order valence-corrected chi connectivity index (χ4v) is 1.16. The van der Waals surface area contributed by atoms with E-state index in [1.807, 2.05) is 5.18 Å². The van der Waals surface area contributed by atoms with Crippen molar-refractivity contribution in [1.82, 2.24) is 0 Å². The summed E-state index contributed by atoms with van der Waals surface area (Å²) in [6, 6.07) is 0.123. The SMILES string of the molecule is O=NC(c1ccc(OC(F)(F)F)cc1)C(F)(F)F. The van der Waals surface area contributed by atoms with E-state index in [0.29, 0.717) is 24.3 Å². The van der Waals surface area contributed by atoms with Crippen LogP contribution in [0.1, 0.15) is 11.6 Å². The van der Waals surface area contributed by atoms with E-state index < -0.39 is 29.9 Å². The van der Waals surface area contributed by atoms with E-state index in [1.165, 1.54) is 0 Å². The molecule has 3 nitrogen and oxygen atoms in total. The quantitative estimate of drug-likeness (QED) is 0.617. The van der Waals surface area contributed by atoms with Gasteiger partial charge in [-0.3, -0.25) is 0 Å². The first-order chi connectivity index (χ1) is 8.13. The first-order valence-corrected chi connectivity index (χ1v) is 4.38. The van der Waals surface area contributed by atoms with Gasteiger partial charge < -0.3 is 4.74 Å². The second kappa shape index (κ2) is 4.83. The van der Waals surface area contributed by atoms with E-state index in [4.69, 9.17) is 0 Å². The van der Waals surface area contributed by atoms with Crippen molar-refractivity contribution in [3.63, 3.8) is 0 Å². The third-order valence-electron chi connectivity index (χ3n) is 1.84. The number of nitrogens with zero attached hydrogens (tertiary/aromatic N) is 1. The topological polar surface area (TPSA) is 38.7 Å². The van der Waals surface area contributed by atoms with E-state index in [2.05, 4.69) is 4.74 Å². The van der Waals surface area contributed by atoms with Crippen molar-refractivity contribution in [2.45, 2.75) is 18.6 Å². The molecule has 0 aliphatic rings. The van der Waals surface area contributed by atoms with Gasteiger partial charge in [-0.2, -0.15) is 13.2 Å². The Labute approximate surface area is 96.3 Å². The van der Waals surface area contributed by atoms with E-state index in [-0.39, 0.29) is 0 Å². The molecule has 0 fully saturated rings. The van der Waals surface area contributed by atoms with Gasteiger partial charge in [0, 0.05) is 0 Å². The first-order valence-electron chi connectivity index (χ1n) is 4.38. The number of halogens is 6. The molecule has 0 saturated heterocycles. The van der Waals surface area contributed by atoms with Crippen LogP contribution in [0.15, 0.2) is 29.4 Å². The highest BCUT2D eigenvalue weighted by Gasteiger charge is 2.42. The molecule has 0 bridgehead atoms. The van der Waals surface area contributed by atoms with Crippen LogP contribution in [0.5, 0.6) is 5.75 Å². The standard InChI is InChI=1S/C9H5F6NO2/c10-8(11,12)7(16-17)5-1-3-6(4-2-5)18-9(13,14)15/h1-4,7H. The first kappa shape index (κ1) is 14.3. The van der Waals surface area contributed by atoms with Crippen LogP contribution in [0.2, 0.25) is 0 Å². The molecule has 1 unspecified atom stereocenters. The number of benzene rings is 1. The fraction of sp³-hybridized carbons (Fsp3) is 0.333. The van der Waals surface area contributed by atoms with Crippen LogP contribution in [0.4, 0.5) is 26.3 Å². The smallest absolute Gasteiger partial charge is 0.406 e. The highest BCUT2D eigenvalue weighted by Crippen LogP contribution is 2.36. The molecule has 0 aromatic heterocycles. The van der Waals surface area contributed by atoms with Gasteiger partial charge >= 0.3 is 12.5 Å². The Hall–Kier alpha value is -1.80. The third kappa shape index (κ3) is 3.90. The van der Waals surface area contributed by atoms with E-state index in [0.717, 1.165) is 0 Å². The second-order valence-corrected chi connectivity index (χ2v) is 3.17. The maximum absolute atomic E-state index is 12.3. The highest BCUT2D eigenvalue weighted by atomic mass is 19.4. The van der Waals surface area contributed by atoms with Gasteiger partial charge in [-0.25, -0.2) is 0 Å². The van der Waals surface area contributed by atoms with Crippen LogP contribution in [0, 0.1) is 4.91 Å². The molecule has 0 radical (unpaired) electrons. The average molecular weight is 273 g/mol. The molecule has 0 aliphatic carbocycles. The highest BCUT2D eigenvalue weighted by molar-refractivity contribution is 5.30. The van der Waals surface area contributed by atoms with Crippen LogP contribution < -0.4 is 4.74 Å². The van der Waals surface area contributed by atoms with Crippen molar-refractivity contribution in [1.29, 1.82) is 0 Å². The van der Waals surface area contributed by atoms with Gasteiger partial charge in [0.05, 0.1) is 0 Å². The maximum atomic E-state index is 12.3. The van der Waals surface area contributed by atoms with Gasteiger partial charge in [0.15, 0.2) is 0 Å². The summed E-state index contributed by atoms with van der Waals surface area (Å²) in [6.45, 7) is 0. The summed E-state index contributed by atoms with van der Waals surface area (Å²) in [7, 11) is 0. The summed E-state index contributed by atoms with van der Waals surface area (Å²) >= 11 is 0. The Balaban J connectivity index is 2.92. The van der Waals surface area contributed by atoms with Gasteiger partial charge in [0.1, 0.15) is 5.75 Å². The predicted molar refractivity (Wildman–Crippen MR) is 47.7 cm³/mol. The largest absolute Gasteiger partial charge is 0.573 e. The molecule has 1 aromatic rings. The molecule has 0 aliphatic heterocycles. The molecule has 0 N–H and O–H groups in total. The van der Waals surface area contributed by atoms with Crippen molar-refractivity contribution in [3.8, 4) is 5.75 Å².